The van der Waals surface area contributed by atoms with Crippen LogP contribution < -0.4 is 10.1 Å². The SMILES string of the molecule is CCCOc1cccc(CNCCOCCC(C)C)c1. The van der Waals surface area contributed by atoms with Gasteiger partial charge in [0.1, 0.15) is 5.75 Å². The number of rotatable bonds is 11. The zero-order valence-corrected chi connectivity index (χ0v) is 13.2. The van der Waals surface area contributed by atoms with Gasteiger partial charge in [-0.25, -0.2) is 0 Å². The number of nitrogens with one attached hydrogen (secondary N) is 1. The van der Waals surface area contributed by atoms with E-state index in [1.54, 1.807) is 0 Å². The van der Waals surface area contributed by atoms with Crippen molar-refractivity contribution in [1.29, 1.82) is 0 Å². The largest absolute Gasteiger partial charge is 0.494 e. The van der Waals surface area contributed by atoms with Crippen molar-refractivity contribution in [2.75, 3.05) is 26.4 Å². The summed E-state index contributed by atoms with van der Waals surface area (Å²) in [4.78, 5) is 0. The van der Waals surface area contributed by atoms with E-state index in [4.69, 9.17) is 9.47 Å². The molecule has 0 aliphatic heterocycles. The van der Waals surface area contributed by atoms with E-state index in [2.05, 4.69) is 38.2 Å². The lowest BCUT2D eigenvalue weighted by molar-refractivity contribution is 0.125. The van der Waals surface area contributed by atoms with Gasteiger partial charge >= 0.3 is 0 Å². The molecule has 0 aromatic heterocycles. The Hall–Kier alpha value is -1.06. The smallest absolute Gasteiger partial charge is 0.119 e. The Bertz CT molecular complexity index is 353. The zero-order chi connectivity index (χ0) is 14.6. The topological polar surface area (TPSA) is 30.5 Å². The van der Waals surface area contributed by atoms with Crippen molar-refractivity contribution in [2.24, 2.45) is 5.92 Å². The first-order chi connectivity index (χ1) is 9.72. The molecule has 1 N–H and O–H groups in total. The third-order valence-corrected chi connectivity index (χ3v) is 2.96. The van der Waals surface area contributed by atoms with Crippen molar-refractivity contribution in [3.63, 3.8) is 0 Å². The lowest BCUT2D eigenvalue weighted by atomic mass is 10.1. The van der Waals surface area contributed by atoms with E-state index < -0.39 is 0 Å². The molecule has 114 valence electrons. The first-order valence-electron chi connectivity index (χ1n) is 7.72. The molecular weight excluding hydrogens is 250 g/mol. The third kappa shape index (κ3) is 8.18. The van der Waals surface area contributed by atoms with Crippen LogP contribution in [0.5, 0.6) is 5.75 Å². The molecule has 3 heteroatoms. The van der Waals surface area contributed by atoms with Crippen LogP contribution in [0.25, 0.3) is 0 Å². The van der Waals surface area contributed by atoms with Gasteiger partial charge in [-0.3, -0.25) is 0 Å². The Kier molecular flexibility index (Phi) is 9.09. The fourth-order valence-electron chi connectivity index (χ4n) is 1.76. The molecule has 0 unspecified atom stereocenters. The van der Waals surface area contributed by atoms with Crippen LogP contribution >= 0.6 is 0 Å². The van der Waals surface area contributed by atoms with Crippen LogP contribution in [-0.4, -0.2) is 26.4 Å². The molecule has 1 rings (SSSR count). The highest BCUT2D eigenvalue weighted by atomic mass is 16.5. The van der Waals surface area contributed by atoms with Crippen LogP contribution in [0, 0.1) is 5.92 Å². The Morgan fingerprint density at radius 2 is 2.00 bits per heavy atom. The van der Waals surface area contributed by atoms with Crippen LogP contribution in [0.1, 0.15) is 39.2 Å². The van der Waals surface area contributed by atoms with E-state index in [1.807, 2.05) is 12.1 Å². The van der Waals surface area contributed by atoms with Gasteiger partial charge in [0, 0.05) is 19.7 Å². The second kappa shape index (κ2) is 10.7. The van der Waals surface area contributed by atoms with E-state index in [0.29, 0.717) is 5.92 Å². The van der Waals surface area contributed by atoms with Crippen molar-refractivity contribution < 1.29 is 9.47 Å². The monoisotopic (exact) mass is 279 g/mol. The minimum atomic E-state index is 0.716. The van der Waals surface area contributed by atoms with Gasteiger partial charge in [0.25, 0.3) is 0 Å². The highest BCUT2D eigenvalue weighted by Gasteiger charge is 1.97. The Morgan fingerprint density at radius 1 is 1.15 bits per heavy atom. The summed E-state index contributed by atoms with van der Waals surface area (Å²) in [6.07, 6.45) is 2.17. The zero-order valence-electron chi connectivity index (χ0n) is 13.2. The lowest BCUT2D eigenvalue weighted by Gasteiger charge is -2.09. The highest BCUT2D eigenvalue weighted by Crippen LogP contribution is 2.13. The molecule has 0 spiro atoms. The molecule has 0 saturated carbocycles. The average Bonchev–Trinajstić information content (AvgIpc) is 2.44. The van der Waals surface area contributed by atoms with Gasteiger partial charge in [-0.15, -0.1) is 0 Å². The summed E-state index contributed by atoms with van der Waals surface area (Å²) in [6.45, 7) is 10.7. The van der Waals surface area contributed by atoms with E-state index in [0.717, 1.165) is 51.5 Å². The fourth-order valence-corrected chi connectivity index (χ4v) is 1.76. The minimum absolute atomic E-state index is 0.716. The maximum absolute atomic E-state index is 5.63. The maximum Gasteiger partial charge on any atom is 0.119 e. The molecule has 0 amide bonds. The lowest BCUT2D eigenvalue weighted by Crippen LogP contribution is -2.19. The maximum atomic E-state index is 5.63. The van der Waals surface area contributed by atoms with Gasteiger partial charge in [-0.2, -0.15) is 0 Å². The van der Waals surface area contributed by atoms with Gasteiger partial charge in [0.15, 0.2) is 0 Å². The Balaban J connectivity index is 2.12. The van der Waals surface area contributed by atoms with Crippen molar-refractivity contribution >= 4 is 0 Å². The molecule has 0 atom stereocenters. The molecule has 0 radical (unpaired) electrons. The van der Waals surface area contributed by atoms with Gasteiger partial charge < -0.3 is 14.8 Å². The molecule has 0 saturated heterocycles. The first kappa shape index (κ1) is 17.0. The van der Waals surface area contributed by atoms with Gasteiger partial charge in [-0.1, -0.05) is 32.9 Å². The van der Waals surface area contributed by atoms with Gasteiger partial charge in [0.2, 0.25) is 0 Å². The van der Waals surface area contributed by atoms with Gasteiger partial charge in [-0.05, 0) is 36.5 Å². The second-order valence-corrected chi connectivity index (χ2v) is 5.47. The average molecular weight is 279 g/mol. The van der Waals surface area contributed by atoms with Crippen molar-refractivity contribution in [1.82, 2.24) is 5.32 Å². The number of hydrogen-bond acceptors (Lipinski definition) is 3. The predicted octanol–water partition coefficient (Wildman–Crippen LogP) is 3.63. The quantitative estimate of drug-likeness (QED) is 0.627. The molecule has 20 heavy (non-hydrogen) atoms. The van der Waals surface area contributed by atoms with Crippen LogP contribution in [0.4, 0.5) is 0 Å². The minimum Gasteiger partial charge on any atom is -0.494 e. The number of benzene rings is 1. The molecule has 0 heterocycles. The standard InChI is InChI=1S/C17H29NO2/c1-4-10-20-17-7-5-6-16(13-17)14-18-9-12-19-11-8-15(2)3/h5-7,13,15,18H,4,8-12,14H2,1-3H3. The van der Waals surface area contributed by atoms with Crippen LogP contribution in [0.2, 0.25) is 0 Å². The highest BCUT2D eigenvalue weighted by molar-refractivity contribution is 5.28. The van der Waals surface area contributed by atoms with Crippen molar-refractivity contribution in [2.45, 2.75) is 40.2 Å². The number of ether oxygens (including phenoxy) is 2. The van der Waals surface area contributed by atoms with E-state index in [1.165, 1.54) is 5.56 Å². The van der Waals surface area contributed by atoms with Crippen LogP contribution in [0.3, 0.4) is 0 Å². The fraction of sp³-hybridized carbons (Fsp3) is 0.647. The summed E-state index contributed by atoms with van der Waals surface area (Å²) in [5, 5.41) is 3.39. The summed E-state index contributed by atoms with van der Waals surface area (Å²) in [5.74, 6) is 1.67. The normalized spacial score (nSPS) is 11.0. The van der Waals surface area contributed by atoms with E-state index in [-0.39, 0.29) is 0 Å². The summed E-state index contributed by atoms with van der Waals surface area (Å²) >= 11 is 0. The van der Waals surface area contributed by atoms with E-state index >= 15 is 0 Å². The summed E-state index contributed by atoms with van der Waals surface area (Å²) in [6, 6.07) is 8.27. The molecule has 0 aliphatic rings. The molecule has 0 bridgehead atoms. The molecule has 1 aromatic rings. The van der Waals surface area contributed by atoms with Crippen LogP contribution in [-0.2, 0) is 11.3 Å². The second-order valence-electron chi connectivity index (χ2n) is 5.47. The predicted molar refractivity (Wildman–Crippen MR) is 84.2 cm³/mol. The van der Waals surface area contributed by atoms with Crippen LogP contribution in [0.15, 0.2) is 24.3 Å². The van der Waals surface area contributed by atoms with Crippen molar-refractivity contribution in [3.8, 4) is 5.75 Å². The molecular formula is C17H29NO2. The Labute approximate surface area is 123 Å². The van der Waals surface area contributed by atoms with E-state index in [9.17, 15) is 0 Å². The molecule has 0 fully saturated rings. The molecule has 0 aliphatic carbocycles. The summed E-state index contributed by atoms with van der Waals surface area (Å²) in [7, 11) is 0. The first-order valence-corrected chi connectivity index (χ1v) is 7.72. The number of hydrogen-bond donors (Lipinski definition) is 1. The molecule has 3 nitrogen and oxygen atoms in total. The van der Waals surface area contributed by atoms with Crippen molar-refractivity contribution in [3.05, 3.63) is 29.8 Å². The molecule has 1 aromatic carbocycles. The van der Waals surface area contributed by atoms with Gasteiger partial charge in [0.05, 0.1) is 13.2 Å². The summed E-state index contributed by atoms with van der Waals surface area (Å²) in [5.41, 5.74) is 1.25. The Morgan fingerprint density at radius 3 is 2.75 bits per heavy atom. The summed E-state index contributed by atoms with van der Waals surface area (Å²) < 4.78 is 11.2. The third-order valence-electron chi connectivity index (χ3n) is 2.96.